The van der Waals surface area contributed by atoms with Crippen LogP contribution in [0.4, 0.5) is 0 Å². The first-order valence-electron chi connectivity index (χ1n) is 9.41. The Balaban J connectivity index is 1.55. The summed E-state index contributed by atoms with van der Waals surface area (Å²) in [7, 11) is -3.24. The van der Waals surface area contributed by atoms with Crippen LogP contribution >= 0.6 is 22.9 Å². The highest BCUT2D eigenvalue weighted by atomic mass is 35.5. The van der Waals surface area contributed by atoms with Gasteiger partial charge in [-0.05, 0) is 68.4 Å². The molecule has 0 saturated heterocycles. The van der Waals surface area contributed by atoms with Gasteiger partial charge in [-0.2, -0.15) is 0 Å². The standard InChI is InChI=1S/C20H24ClNO4S2/c21-16-6-1-4-15(14-16)5-2-12-22(28(25,26)18-9-10-18)13-3-7-17-8-11-19(27-17)20(23)24/h1,4,6,8,11,14,18H,2-3,5,7,9-10,12-13H2,(H,23,24). The van der Waals surface area contributed by atoms with E-state index in [-0.39, 0.29) is 5.25 Å². The molecule has 1 heterocycles. The summed E-state index contributed by atoms with van der Waals surface area (Å²) in [5.41, 5.74) is 1.11. The SMILES string of the molecule is O=C(O)c1ccc(CCCN(CCCc2cccc(Cl)c2)S(=O)(=O)C2CC2)s1. The third kappa shape index (κ3) is 5.80. The monoisotopic (exact) mass is 441 g/mol. The molecule has 1 aromatic carbocycles. The van der Waals surface area contributed by atoms with Gasteiger partial charge in [0.2, 0.25) is 10.0 Å². The molecular formula is C20H24ClNO4S2. The molecule has 5 nitrogen and oxygen atoms in total. The van der Waals surface area contributed by atoms with Crippen LogP contribution in [-0.4, -0.2) is 42.1 Å². The summed E-state index contributed by atoms with van der Waals surface area (Å²) in [6.07, 6.45) is 4.39. The predicted octanol–water partition coefficient (Wildman–Crippen LogP) is 4.46. The maximum atomic E-state index is 12.8. The van der Waals surface area contributed by atoms with Gasteiger partial charge in [-0.3, -0.25) is 0 Å². The summed E-state index contributed by atoms with van der Waals surface area (Å²) in [6, 6.07) is 11.1. The number of halogens is 1. The fourth-order valence-electron chi connectivity index (χ4n) is 3.15. The highest BCUT2D eigenvalue weighted by Crippen LogP contribution is 2.31. The van der Waals surface area contributed by atoms with Crippen molar-refractivity contribution in [3.8, 4) is 0 Å². The number of carboxylic acids is 1. The molecule has 1 N–H and O–H groups in total. The average Bonchev–Trinajstić information content (AvgIpc) is 3.40. The van der Waals surface area contributed by atoms with Crippen molar-refractivity contribution in [2.75, 3.05) is 13.1 Å². The third-order valence-electron chi connectivity index (χ3n) is 4.77. The van der Waals surface area contributed by atoms with E-state index in [2.05, 4.69) is 0 Å². The Morgan fingerprint density at radius 1 is 1.14 bits per heavy atom. The second kappa shape index (κ2) is 9.39. The summed E-state index contributed by atoms with van der Waals surface area (Å²) < 4.78 is 27.1. The van der Waals surface area contributed by atoms with Crippen molar-refractivity contribution in [2.45, 2.75) is 43.8 Å². The lowest BCUT2D eigenvalue weighted by molar-refractivity contribution is 0.0702. The van der Waals surface area contributed by atoms with E-state index in [1.807, 2.05) is 30.3 Å². The van der Waals surface area contributed by atoms with E-state index in [1.54, 1.807) is 10.4 Å². The largest absolute Gasteiger partial charge is 0.477 e. The molecule has 1 aliphatic carbocycles. The van der Waals surface area contributed by atoms with Crippen LogP contribution in [-0.2, 0) is 22.9 Å². The van der Waals surface area contributed by atoms with Crippen LogP contribution in [0.5, 0.6) is 0 Å². The molecule has 2 aromatic rings. The van der Waals surface area contributed by atoms with Gasteiger partial charge in [0.1, 0.15) is 4.88 Å². The van der Waals surface area contributed by atoms with Gasteiger partial charge in [-0.25, -0.2) is 17.5 Å². The number of hydrogen-bond acceptors (Lipinski definition) is 4. The molecule has 1 saturated carbocycles. The van der Waals surface area contributed by atoms with Crippen LogP contribution in [0.1, 0.15) is 45.8 Å². The number of thiophene rings is 1. The number of sulfonamides is 1. The zero-order chi connectivity index (χ0) is 20.1. The molecule has 3 rings (SSSR count). The van der Waals surface area contributed by atoms with Gasteiger partial charge in [-0.15, -0.1) is 11.3 Å². The van der Waals surface area contributed by atoms with Crippen molar-refractivity contribution in [3.63, 3.8) is 0 Å². The number of carbonyl (C=O) groups is 1. The van der Waals surface area contributed by atoms with Crippen molar-refractivity contribution in [1.82, 2.24) is 4.31 Å². The van der Waals surface area contributed by atoms with Crippen molar-refractivity contribution in [3.05, 3.63) is 56.7 Å². The van der Waals surface area contributed by atoms with E-state index >= 15 is 0 Å². The van der Waals surface area contributed by atoms with Crippen LogP contribution in [0.3, 0.4) is 0 Å². The number of rotatable bonds is 11. The van der Waals surface area contributed by atoms with E-state index in [9.17, 15) is 13.2 Å². The lowest BCUT2D eigenvalue weighted by Crippen LogP contribution is -2.35. The fraction of sp³-hybridized carbons (Fsp3) is 0.450. The van der Waals surface area contributed by atoms with Crippen molar-refractivity contribution >= 4 is 38.9 Å². The molecule has 0 unspecified atom stereocenters. The van der Waals surface area contributed by atoms with Crippen LogP contribution < -0.4 is 0 Å². The van der Waals surface area contributed by atoms with Crippen molar-refractivity contribution in [2.24, 2.45) is 0 Å². The first-order valence-corrected chi connectivity index (χ1v) is 12.1. The molecule has 0 bridgehead atoms. The minimum absolute atomic E-state index is 0.223. The minimum Gasteiger partial charge on any atom is -0.477 e. The molecule has 0 spiro atoms. The fourth-order valence-corrected chi connectivity index (χ4v) is 6.17. The second-order valence-electron chi connectivity index (χ2n) is 7.05. The maximum absolute atomic E-state index is 12.8. The molecule has 1 aromatic heterocycles. The topological polar surface area (TPSA) is 74.7 Å². The van der Waals surface area contributed by atoms with Gasteiger partial charge in [-0.1, -0.05) is 23.7 Å². The Kier molecular flexibility index (Phi) is 7.15. The lowest BCUT2D eigenvalue weighted by Gasteiger charge is -2.22. The molecule has 0 aliphatic heterocycles. The highest BCUT2D eigenvalue weighted by molar-refractivity contribution is 7.90. The molecule has 0 amide bonds. The van der Waals surface area contributed by atoms with E-state index in [1.165, 1.54) is 11.3 Å². The Hall–Kier alpha value is -1.41. The Bertz CT molecular complexity index is 922. The number of benzene rings is 1. The van der Waals surface area contributed by atoms with Crippen LogP contribution in [0, 0.1) is 0 Å². The van der Waals surface area contributed by atoms with E-state index in [0.717, 1.165) is 36.1 Å². The zero-order valence-corrected chi connectivity index (χ0v) is 17.9. The normalized spacial score (nSPS) is 14.5. The number of aromatic carboxylic acids is 1. The van der Waals surface area contributed by atoms with Gasteiger partial charge in [0.25, 0.3) is 0 Å². The van der Waals surface area contributed by atoms with E-state index in [4.69, 9.17) is 16.7 Å². The third-order valence-corrected chi connectivity index (χ3v) is 8.54. The molecule has 28 heavy (non-hydrogen) atoms. The lowest BCUT2D eigenvalue weighted by atomic mass is 10.1. The van der Waals surface area contributed by atoms with Gasteiger partial charge >= 0.3 is 5.97 Å². The summed E-state index contributed by atoms with van der Waals surface area (Å²) >= 11 is 7.27. The summed E-state index contributed by atoms with van der Waals surface area (Å²) in [5, 5.41) is 9.48. The van der Waals surface area contributed by atoms with Gasteiger partial charge in [0.15, 0.2) is 0 Å². The molecule has 8 heteroatoms. The summed E-state index contributed by atoms with van der Waals surface area (Å²) in [6.45, 7) is 0.963. The van der Waals surface area contributed by atoms with Gasteiger partial charge in [0.05, 0.1) is 5.25 Å². The average molecular weight is 442 g/mol. The van der Waals surface area contributed by atoms with E-state index in [0.29, 0.717) is 35.8 Å². The van der Waals surface area contributed by atoms with Gasteiger partial charge < -0.3 is 5.11 Å². The molecule has 1 aliphatic rings. The first kappa shape index (κ1) is 21.3. The predicted molar refractivity (Wildman–Crippen MR) is 113 cm³/mol. The Labute approximate surface area is 175 Å². The Morgan fingerprint density at radius 3 is 2.46 bits per heavy atom. The van der Waals surface area contributed by atoms with Crippen molar-refractivity contribution in [1.29, 1.82) is 0 Å². The van der Waals surface area contributed by atoms with Crippen LogP contribution in [0.25, 0.3) is 0 Å². The first-order chi connectivity index (χ1) is 13.4. The molecule has 152 valence electrons. The summed E-state index contributed by atoms with van der Waals surface area (Å²) in [5.74, 6) is -0.921. The smallest absolute Gasteiger partial charge is 0.345 e. The molecule has 1 fully saturated rings. The number of aryl methyl sites for hydroxylation is 2. The van der Waals surface area contributed by atoms with Gasteiger partial charge in [0, 0.05) is 23.0 Å². The second-order valence-corrected chi connectivity index (χ2v) is 10.9. The van der Waals surface area contributed by atoms with E-state index < -0.39 is 16.0 Å². The summed E-state index contributed by atoms with van der Waals surface area (Å²) in [4.78, 5) is 12.3. The molecular weight excluding hydrogens is 418 g/mol. The molecule has 0 atom stereocenters. The quantitative estimate of drug-likeness (QED) is 0.558. The van der Waals surface area contributed by atoms with Crippen molar-refractivity contribution < 1.29 is 18.3 Å². The van der Waals surface area contributed by atoms with Crippen LogP contribution in [0.15, 0.2) is 36.4 Å². The zero-order valence-electron chi connectivity index (χ0n) is 15.5. The van der Waals surface area contributed by atoms with Crippen LogP contribution in [0.2, 0.25) is 5.02 Å². The highest BCUT2D eigenvalue weighted by Gasteiger charge is 2.39. The molecule has 0 radical (unpaired) electrons. The maximum Gasteiger partial charge on any atom is 0.345 e. The minimum atomic E-state index is -3.24. The number of hydrogen-bond donors (Lipinski definition) is 1. The Morgan fingerprint density at radius 2 is 1.86 bits per heavy atom. The number of carboxylic acid groups (broad SMARTS) is 1. The number of nitrogens with zero attached hydrogens (tertiary/aromatic N) is 1.